The van der Waals surface area contributed by atoms with E-state index in [2.05, 4.69) is 9.72 Å². The highest BCUT2D eigenvalue weighted by molar-refractivity contribution is 7.15. The lowest BCUT2D eigenvalue weighted by atomic mass is 9.99. The van der Waals surface area contributed by atoms with Crippen molar-refractivity contribution < 1.29 is 41.7 Å². The number of nitrogens with zero attached hydrogens (tertiary/aromatic N) is 1. The molecule has 13 heteroatoms. The van der Waals surface area contributed by atoms with Crippen LogP contribution in [-0.4, -0.2) is 34.0 Å². The lowest BCUT2D eigenvalue weighted by molar-refractivity contribution is -0.274. The fraction of sp³-hybridized carbons (Fsp3) is 0.222. The molecule has 0 fully saturated rings. The maximum absolute atomic E-state index is 12.9. The summed E-state index contributed by atoms with van der Waals surface area (Å²) in [5, 5.41) is 9.37. The monoisotopic (exact) mass is 574 g/mol. The van der Waals surface area contributed by atoms with Crippen LogP contribution in [0.4, 0.5) is 13.2 Å². The molecule has 1 atom stereocenters. The van der Waals surface area contributed by atoms with Crippen LogP contribution in [0.15, 0.2) is 75.3 Å². The molecule has 2 aromatic carbocycles. The van der Waals surface area contributed by atoms with Crippen LogP contribution in [0, 0.1) is 5.92 Å². The molecule has 0 radical (unpaired) electrons. The number of allylic oxidation sites excluding steroid dienone is 4. The number of benzene rings is 2. The number of hydrogen-bond acceptors (Lipinski definition) is 8. The first-order valence-electron chi connectivity index (χ1n) is 11.9. The second kappa shape index (κ2) is 10.9. The van der Waals surface area contributed by atoms with Crippen LogP contribution in [0.5, 0.6) is 5.75 Å². The zero-order chi connectivity index (χ0) is 28.4. The molecular weight excluding hydrogens is 553 g/mol. The quantitative estimate of drug-likeness (QED) is 0.241. The molecule has 5 rings (SSSR count). The van der Waals surface area contributed by atoms with Crippen molar-refractivity contribution in [2.75, 3.05) is 6.61 Å². The van der Waals surface area contributed by atoms with Crippen LogP contribution in [-0.2, 0) is 20.9 Å². The number of aromatic amines is 1. The van der Waals surface area contributed by atoms with Gasteiger partial charge >= 0.3 is 18.1 Å². The average molecular weight is 575 g/mol. The SMILES string of the molecule is CC1CC(OCc2nc(-c3ccc4[nH]c(=O)oc4c3)c(-c3cccc(OC(F)(F)F)c3)s2)=CC=C1OCC(=O)O. The van der Waals surface area contributed by atoms with E-state index in [0.717, 1.165) is 0 Å². The third-order valence-corrected chi connectivity index (χ3v) is 6.94. The highest BCUT2D eigenvalue weighted by Gasteiger charge is 2.31. The third-order valence-electron chi connectivity index (χ3n) is 5.87. The van der Waals surface area contributed by atoms with E-state index in [1.165, 1.54) is 29.5 Å². The first kappa shape index (κ1) is 27.1. The van der Waals surface area contributed by atoms with Crippen molar-refractivity contribution in [1.29, 1.82) is 0 Å². The Morgan fingerprint density at radius 3 is 2.75 bits per heavy atom. The van der Waals surface area contributed by atoms with E-state index >= 15 is 0 Å². The summed E-state index contributed by atoms with van der Waals surface area (Å²) < 4.78 is 59.1. The molecule has 40 heavy (non-hydrogen) atoms. The van der Waals surface area contributed by atoms with Crippen molar-refractivity contribution in [3.8, 4) is 27.4 Å². The minimum absolute atomic E-state index is 0.0790. The molecule has 1 unspecified atom stereocenters. The van der Waals surface area contributed by atoms with Gasteiger partial charge in [-0.3, -0.25) is 4.98 Å². The minimum atomic E-state index is -4.84. The Kier molecular flexibility index (Phi) is 7.39. The van der Waals surface area contributed by atoms with E-state index in [1.54, 1.807) is 36.4 Å². The highest BCUT2D eigenvalue weighted by Crippen LogP contribution is 2.40. The molecule has 9 nitrogen and oxygen atoms in total. The molecule has 0 aliphatic heterocycles. The van der Waals surface area contributed by atoms with Crippen molar-refractivity contribution >= 4 is 28.4 Å². The zero-order valence-corrected chi connectivity index (χ0v) is 21.6. The van der Waals surface area contributed by atoms with Crippen molar-refractivity contribution in [2.24, 2.45) is 5.92 Å². The molecule has 208 valence electrons. The number of halogens is 3. The first-order chi connectivity index (χ1) is 19.0. The Labute approximate surface area is 228 Å². The minimum Gasteiger partial charge on any atom is -0.491 e. The fourth-order valence-corrected chi connectivity index (χ4v) is 5.15. The molecule has 0 amide bonds. The normalized spacial score (nSPS) is 15.4. The topological polar surface area (TPSA) is 124 Å². The average Bonchev–Trinajstić information content (AvgIpc) is 3.48. The van der Waals surface area contributed by atoms with Crippen molar-refractivity contribution in [2.45, 2.75) is 26.3 Å². The summed E-state index contributed by atoms with van der Waals surface area (Å²) in [4.78, 5) is 30.2. The number of carboxylic acids is 1. The van der Waals surface area contributed by atoms with Crippen LogP contribution in [0.25, 0.3) is 32.8 Å². The van der Waals surface area contributed by atoms with Crippen molar-refractivity contribution in [3.05, 3.63) is 81.7 Å². The number of aromatic nitrogens is 2. The number of nitrogens with one attached hydrogen (secondary N) is 1. The predicted octanol–water partition coefficient (Wildman–Crippen LogP) is 6.24. The molecule has 2 N–H and O–H groups in total. The smallest absolute Gasteiger partial charge is 0.491 e. The lowest BCUT2D eigenvalue weighted by Gasteiger charge is -2.21. The first-order valence-corrected chi connectivity index (χ1v) is 12.7. The van der Waals surface area contributed by atoms with Crippen LogP contribution >= 0.6 is 11.3 Å². The van der Waals surface area contributed by atoms with Gasteiger partial charge in [0.15, 0.2) is 12.2 Å². The Morgan fingerprint density at radius 1 is 1.18 bits per heavy atom. The van der Waals surface area contributed by atoms with Gasteiger partial charge in [-0.25, -0.2) is 14.6 Å². The molecule has 2 heterocycles. The number of oxazole rings is 1. The number of thiazole rings is 1. The molecular formula is C27H21F3N2O7S. The van der Waals surface area contributed by atoms with E-state index in [9.17, 15) is 22.8 Å². The van der Waals surface area contributed by atoms with E-state index in [1.807, 2.05) is 6.92 Å². The lowest BCUT2D eigenvalue weighted by Crippen LogP contribution is -2.17. The molecule has 2 aromatic heterocycles. The van der Waals surface area contributed by atoms with Gasteiger partial charge in [-0.2, -0.15) is 0 Å². The highest BCUT2D eigenvalue weighted by atomic mass is 32.1. The number of hydrogen-bond donors (Lipinski definition) is 2. The number of alkyl halides is 3. The second-order valence-corrected chi connectivity index (χ2v) is 9.95. The number of carbonyl (C=O) groups is 1. The molecule has 1 aliphatic rings. The van der Waals surface area contributed by atoms with Crippen molar-refractivity contribution in [1.82, 2.24) is 9.97 Å². The summed E-state index contributed by atoms with van der Waals surface area (Å²) in [5.41, 5.74) is 2.30. The fourth-order valence-electron chi connectivity index (χ4n) is 4.15. The molecule has 0 saturated carbocycles. The van der Waals surface area contributed by atoms with E-state index in [4.69, 9.17) is 24.0 Å². The molecule has 4 aromatic rings. The van der Waals surface area contributed by atoms with Gasteiger partial charge in [0.2, 0.25) is 0 Å². The van der Waals surface area contributed by atoms with E-state index < -0.39 is 24.7 Å². The molecule has 0 bridgehead atoms. The van der Waals surface area contributed by atoms with Crippen LogP contribution < -0.4 is 10.5 Å². The number of rotatable bonds is 9. The molecule has 0 spiro atoms. The summed E-state index contributed by atoms with van der Waals surface area (Å²) in [5.74, 6) is -0.963. The zero-order valence-electron chi connectivity index (χ0n) is 20.8. The Bertz CT molecular complexity index is 1680. The van der Waals surface area contributed by atoms with Crippen LogP contribution in [0.3, 0.4) is 0 Å². The summed E-state index contributed by atoms with van der Waals surface area (Å²) in [6, 6.07) is 10.6. The van der Waals surface area contributed by atoms with E-state index in [-0.39, 0.29) is 18.3 Å². The largest absolute Gasteiger partial charge is 0.573 e. The van der Waals surface area contributed by atoms with Gasteiger partial charge in [-0.05, 0) is 42.0 Å². The van der Waals surface area contributed by atoms with Gasteiger partial charge < -0.3 is 23.7 Å². The van der Waals surface area contributed by atoms with Gasteiger partial charge in [-0.1, -0.05) is 25.1 Å². The molecule has 0 saturated heterocycles. The van der Waals surface area contributed by atoms with Gasteiger partial charge in [0.05, 0.1) is 21.8 Å². The summed E-state index contributed by atoms with van der Waals surface area (Å²) >= 11 is 1.24. The van der Waals surface area contributed by atoms with Gasteiger partial charge in [0, 0.05) is 17.9 Å². The van der Waals surface area contributed by atoms with Gasteiger partial charge in [0.1, 0.15) is 23.1 Å². The number of aliphatic carboxylic acids is 1. The standard InChI is InChI=1S/C27H21F3N2O7S/c1-14-9-17(6-8-20(14)37-13-23(33)34)36-12-22-32-24(15-5-7-19-21(11-15)38-26(35)31-19)25(40-22)16-3-2-4-18(10-16)39-27(28,29)30/h2-8,10-11,14H,9,12-13H2,1H3,(H,31,35)(H,33,34). The van der Waals surface area contributed by atoms with Crippen LogP contribution in [0.1, 0.15) is 18.4 Å². The number of carboxylic acid groups (broad SMARTS) is 1. The predicted molar refractivity (Wildman–Crippen MR) is 138 cm³/mol. The number of H-pyrrole nitrogens is 1. The number of fused-ring (bicyclic) bond motifs is 1. The van der Waals surface area contributed by atoms with Crippen molar-refractivity contribution in [3.63, 3.8) is 0 Å². The molecule has 1 aliphatic carbocycles. The Hall–Kier alpha value is -4.52. The van der Waals surface area contributed by atoms with E-state index in [0.29, 0.717) is 55.7 Å². The summed E-state index contributed by atoms with van der Waals surface area (Å²) in [6.07, 6.45) is -0.997. The Morgan fingerprint density at radius 2 is 2.00 bits per heavy atom. The summed E-state index contributed by atoms with van der Waals surface area (Å²) in [7, 11) is 0. The van der Waals surface area contributed by atoms with Gasteiger partial charge in [0.25, 0.3) is 0 Å². The Balaban J connectivity index is 1.45. The van der Waals surface area contributed by atoms with Gasteiger partial charge in [-0.15, -0.1) is 24.5 Å². The maximum Gasteiger partial charge on any atom is 0.573 e. The maximum atomic E-state index is 12.9. The van der Waals surface area contributed by atoms with Crippen LogP contribution in [0.2, 0.25) is 0 Å². The third kappa shape index (κ3) is 6.37. The number of ether oxygens (including phenoxy) is 3. The second-order valence-electron chi connectivity index (χ2n) is 8.86. The summed E-state index contributed by atoms with van der Waals surface area (Å²) in [6.45, 7) is 1.53.